The number of aryl methyl sites for hydroxylation is 1. The number of hydrogen-bond acceptors (Lipinski definition) is 1. The van der Waals surface area contributed by atoms with E-state index in [1.807, 2.05) is 17.9 Å². The van der Waals surface area contributed by atoms with Crippen LogP contribution in [0, 0.1) is 5.92 Å². The van der Waals surface area contributed by atoms with Gasteiger partial charge in [0.05, 0.1) is 12.0 Å². The third kappa shape index (κ3) is 0.838. The highest BCUT2D eigenvalue weighted by Gasteiger charge is 2.35. The first-order chi connectivity index (χ1) is 4.77. The Bertz CT molecular complexity index is 239. The highest BCUT2D eigenvalue weighted by atomic mass is 15.0. The number of hydrogen-bond donors (Lipinski definition) is 0. The molecule has 2 heteroatoms. The van der Waals surface area contributed by atoms with Crippen LogP contribution in [-0.2, 0) is 7.05 Å². The molecule has 0 radical (unpaired) electrons. The predicted octanol–water partition coefficient (Wildman–Crippen LogP) is 1.54. The van der Waals surface area contributed by atoms with E-state index < -0.39 is 0 Å². The zero-order valence-electron chi connectivity index (χ0n) is 6.41. The molecule has 10 heavy (non-hydrogen) atoms. The maximum Gasteiger partial charge on any atom is 0.0946 e. The molecular weight excluding hydrogens is 124 g/mol. The minimum absolute atomic E-state index is 0.765. The molecule has 1 aromatic heterocycles. The summed E-state index contributed by atoms with van der Waals surface area (Å²) in [7, 11) is 2.02. The summed E-state index contributed by atoms with van der Waals surface area (Å²) in [5, 5.41) is 0. The molecule has 2 rings (SSSR count). The quantitative estimate of drug-likeness (QED) is 0.572. The van der Waals surface area contributed by atoms with Crippen LogP contribution in [0.4, 0.5) is 0 Å². The monoisotopic (exact) mass is 136 g/mol. The molecular formula is C8H12N2. The van der Waals surface area contributed by atoms with Crippen molar-refractivity contribution in [2.75, 3.05) is 0 Å². The Morgan fingerprint density at radius 2 is 2.40 bits per heavy atom. The van der Waals surface area contributed by atoms with E-state index >= 15 is 0 Å². The van der Waals surface area contributed by atoms with Gasteiger partial charge in [-0.2, -0.15) is 0 Å². The zero-order valence-corrected chi connectivity index (χ0v) is 6.41. The lowest BCUT2D eigenvalue weighted by molar-refractivity contribution is 0.887. The lowest BCUT2D eigenvalue weighted by Gasteiger charge is -1.86. The van der Waals surface area contributed by atoms with E-state index in [-0.39, 0.29) is 0 Å². The highest BCUT2D eigenvalue weighted by Crippen LogP contribution is 2.45. The van der Waals surface area contributed by atoms with Crippen molar-refractivity contribution < 1.29 is 0 Å². The Labute approximate surface area is 60.9 Å². The standard InChI is InChI=1S/C8H12N2/c1-6-3-7(6)8-4-10(2)5-9-8/h4-7H,3H2,1-2H3. The van der Waals surface area contributed by atoms with Crippen LogP contribution in [0.15, 0.2) is 12.5 Å². The Balaban J connectivity index is 2.20. The molecule has 2 unspecified atom stereocenters. The fourth-order valence-corrected chi connectivity index (χ4v) is 1.36. The molecule has 0 aliphatic heterocycles. The van der Waals surface area contributed by atoms with Gasteiger partial charge in [-0.15, -0.1) is 0 Å². The molecule has 1 heterocycles. The molecule has 1 saturated carbocycles. The van der Waals surface area contributed by atoms with E-state index in [0.717, 1.165) is 11.8 Å². The van der Waals surface area contributed by atoms with Crippen molar-refractivity contribution in [3.8, 4) is 0 Å². The van der Waals surface area contributed by atoms with Gasteiger partial charge in [0.25, 0.3) is 0 Å². The van der Waals surface area contributed by atoms with Gasteiger partial charge in [0.15, 0.2) is 0 Å². The summed E-state index contributed by atoms with van der Waals surface area (Å²) >= 11 is 0. The van der Waals surface area contributed by atoms with Crippen molar-refractivity contribution >= 4 is 0 Å². The molecule has 0 saturated heterocycles. The van der Waals surface area contributed by atoms with Gasteiger partial charge in [-0.25, -0.2) is 4.98 Å². The third-order valence-electron chi connectivity index (χ3n) is 2.21. The van der Waals surface area contributed by atoms with Gasteiger partial charge in [0.1, 0.15) is 0 Å². The smallest absolute Gasteiger partial charge is 0.0946 e. The van der Waals surface area contributed by atoms with E-state index in [2.05, 4.69) is 18.1 Å². The van der Waals surface area contributed by atoms with Crippen molar-refractivity contribution in [1.82, 2.24) is 9.55 Å². The Kier molecular flexibility index (Phi) is 1.10. The second-order valence-electron chi connectivity index (χ2n) is 3.28. The molecule has 1 aromatic rings. The third-order valence-corrected chi connectivity index (χ3v) is 2.21. The van der Waals surface area contributed by atoms with Crippen molar-refractivity contribution in [2.45, 2.75) is 19.3 Å². The van der Waals surface area contributed by atoms with E-state index in [4.69, 9.17) is 0 Å². The Morgan fingerprint density at radius 1 is 1.70 bits per heavy atom. The van der Waals surface area contributed by atoms with E-state index in [1.165, 1.54) is 12.1 Å². The summed E-state index contributed by atoms with van der Waals surface area (Å²) in [6, 6.07) is 0. The van der Waals surface area contributed by atoms with Gasteiger partial charge in [-0.05, 0) is 12.3 Å². The van der Waals surface area contributed by atoms with Gasteiger partial charge in [0.2, 0.25) is 0 Å². The number of nitrogens with zero attached hydrogens (tertiary/aromatic N) is 2. The van der Waals surface area contributed by atoms with Crippen molar-refractivity contribution in [2.24, 2.45) is 13.0 Å². The normalized spacial score (nSPS) is 30.6. The van der Waals surface area contributed by atoms with Crippen molar-refractivity contribution in [3.63, 3.8) is 0 Å². The van der Waals surface area contributed by atoms with E-state index in [0.29, 0.717) is 0 Å². The van der Waals surface area contributed by atoms with Crippen LogP contribution in [0.5, 0.6) is 0 Å². The van der Waals surface area contributed by atoms with E-state index in [9.17, 15) is 0 Å². The minimum atomic E-state index is 0.765. The first kappa shape index (κ1) is 5.96. The largest absolute Gasteiger partial charge is 0.340 e. The maximum absolute atomic E-state index is 4.29. The van der Waals surface area contributed by atoms with Crippen LogP contribution in [0.25, 0.3) is 0 Å². The van der Waals surface area contributed by atoms with Crippen LogP contribution < -0.4 is 0 Å². The van der Waals surface area contributed by atoms with Crippen molar-refractivity contribution in [3.05, 3.63) is 18.2 Å². The summed E-state index contributed by atoms with van der Waals surface area (Å²) in [6.07, 6.45) is 5.32. The summed E-state index contributed by atoms with van der Waals surface area (Å²) in [6.45, 7) is 2.28. The van der Waals surface area contributed by atoms with Gasteiger partial charge >= 0.3 is 0 Å². The van der Waals surface area contributed by atoms with Gasteiger partial charge in [0, 0.05) is 19.2 Å². The number of rotatable bonds is 1. The molecule has 0 amide bonds. The van der Waals surface area contributed by atoms with Crippen molar-refractivity contribution in [1.29, 1.82) is 0 Å². The molecule has 2 nitrogen and oxygen atoms in total. The Hall–Kier alpha value is -0.790. The predicted molar refractivity (Wildman–Crippen MR) is 39.7 cm³/mol. The summed E-state index contributed by atoms with van der Waals surface area (Å²) in [5.41, 5.74) is 1.27. The maximum atomic E-state index is 4.29. The van der Waals surface area contributed by atoms with Crippen LogP contribution >= 0.6 is 0 Å². The van der Waals surface area contributed by atoms with Gasteiger partial charge < -0.3 is 4.57 Å². The van der Waals surface area contributed by atoms with Crippen LogP contribution in [0.2, 0.25) is 0 Å². The summed E-state index contributed by atoms with van der Waals surface area (Å²) in [4.78, 5) is 4.29. The highest BCUT2D eigenvalue weighted by molar-refractivity contribution is 5.13. The topological polar surface area (TPSA) is 17.8 Å². The average Bonchev–Trinajstić information content (AvgIpc) is 2.42. The van der Waals surface area contributed by atoms with Crippen LogP contribution in [-0.4, -0.2) is 9.55 Å². The minimum Gasteiger partial charge on any atom is -0.340 e. The molecule has 1 aliphatic rings. The molecule has 54 valence electrons. The molecule has 2 atom stereocenters. The molecule has 0 bridgehead atoms. The van der Waals surface area contributed by atoms with Gasteiger partial charge in [-0.3, -0.25) is 0 Å². The molecule has 0 aromatic carbocycles. The van der Waals surface area contributed by atoms with Crippen LogP contribution in [0.1, 0.15) is 25.0 Å². The molecule has 0 N–H and O–H groups in total. The lowest BCUT2D eigenvalue weighted by Crippen LogP contribution is -1.80. The first-order valence-corrected chi connectivity index (χ1v) is 3.75. The Morgan fingerprint density at radius 3 is 2.80 bits per heavy atom. The molecule has 0 spiro atoms. The molecule has 1 fully saturated rings. The average molecular weight is 136 g/mol. The zero-order chi connectivity index (χ0) is 7.14. The second kappa shape index (κ2) is 1.84. The lowest BCUT2D eigenvalue weighted by atomic mass is 10.3. The number of imidazole rings is 1. The summed E-state index contributed by atoms with van der Waals surface area (Å²) < 4.78 is 2.01. The summed E-state index contributed by atoms with van der Waals surface area (Å²) in [5.74, 6) is 1.64. The van der Waals surface area contributed by atoms with E-state index in [1.54, 1.807) is 0 Å². The van der Waals surface area contributed by atoms with Crippen LogP contribution in [0.3, 0.4) is 0 Å². The SMILES string of the molecule is CC1CC1c1cn(C)cn1. The fourth-order valence-electron chi connectivity index (χ4n) is 1.36. The first-order valence-electron chi connectivity index (χ1n) is 3.75. The number of aromatic nitrogens is 2. The van der Waals surface area contributed by atoms with Gasteiger partial charge in [-0.1, -0.05) is 6.92 Å². The molecule has 1 aliphatic carbocycles. The fraction of sp³-hybridized carbons (Fsp3) is 0.625. The second-order valence-corrected chi connectivity index (χ2v) is 3.28.